The molecule has 9 heteroatoms. The zero-order valence-corrected chi connectivity index (χ0v) is 40.3. The van der Waals surface area contributed by atoms with Gasteiger partial charge in [-0.25, -0.2) is 4.57 Å². The second kappa shape index (κ2) is 43.6. The summed E-state index contributed by atoms with van der Waals surface area (Å²) < 4.78 is 35.1. The third-order valence-corrected chi connectivity index (χ3v) is 11.0. The molecule has 8 nitrogen and oxygen atoms in total. The molecule has 0 aliphatic carbocycles. The van der Waals surface area contributed by atoms with Gasteiger partial charge >= 0.3 is 13.8 Å². The Morgan fingerprint density at radius 2 is 0.967 bits per heavy atom. The second-order valence-electron chi connectivity index (χ2n) is 17.1. The second-order valence-corrected chi connectivity index (χ2v) is 18.6. The van der Waals surface area contributed by atoms with Crippen LogP contribution in [0.25, 0.3) is 0 Å². The SMILES string of the molecule is CC/C=C\C/C=C\C/C=C\C/C=C\C/C=C\CCCCCCCCOCC(COP(=O)(O)OCC[N+](C)(C)C)OC(=O)CCCCCCC/C=C\CCCCCCCCC. The summed E-state index contributed by atoms with van der Waals surface area (Å²) in [6.07, 6.45) is 56.5. The molecule has 0 radical (unpaired) electrons. The number of hydrogen-bond acceptors (Lipinski definition) is 6. The highest BCUT2D eigenvalue weighted by atomic mass is 31.2. The largest absolute Gasteiger partial charge is 0.472 e. The van der Waals surface area contributed by atoms with Crippen molar-refractivity contribution in [2.45, 2.75) is 193 Å². The standard InChI is InChI=1S/C51H92NO7P/c1-6-8-10-12-14-16-18-20-22-24-25-26-27-28-29-31-33-35-37-39-41-43-46-56-48-50(49-58-60(54,55)57-47-45-52(3,4)5)59-51(53)44-42-40-38-36-34-32-30-23-21-19-17-15-13-11-9-7-2/h8,10,14,16,20,22-23,25-26,28-30,50H,6-7,9,11-13,15,17-19,21,24,27,31-49H2,1-5H3/p+1/b10-8-,16-14-,22-20-,26-25-,29-28-,30-23-. The Morgan fingerprint density at radius 3 is 1.47 bits per heavy atom. The lowest BCUT2D eigenvalue weighted by Crippen LogP contribution is -2.37. The third kappa shape index (κ3) is 47.0. The normalized spacial score (nSPS) is 14.3. The molecule has 0 aliphatic heterocycles. The Bertz CT molecular complexity index is 1190. The topological polar surface area (TPSA) is 91.3 Å². The maximum absolute atomic E-state index is 12.7. The molecule has 0 saturated carbocycles. The number of quaternary nitrogens is 1. The molecule has 0 aromatic carbocycles. The molecule has 0 aromatic heterocycles. The maximum Gasteiger partial charge on any atom is 0.472 e. The van der Waals surface area contributed by atoms with Crippen LogP contribution in [-0.2, 0) is 27.9 Å². The fourth-order valence-electron chi connectivity index (χ4n) is 6.28. The molecule has 0 aliphatic rings. The van der Waals surface area contributed by atoms with E-state index in [4.69, 9.17) is 18.5 Å². The molecule has 0 fully saturated rings. The van der Waals surface area contributed by atoms with Gasteiger partial charge in [0.05, 0.1) is 34.4 Å². The number of esters is 1. The van der Waals surface area contributed by atoms with Gasteiger partial charge in [-0.15, -0.1) is 0 Å². The predicted octanol–water partition coefficient (Wildman–Crippen LogP) is 14.7. The third-order valence-electron chi connectivity index (χ3n) is 10.0. The highest BCUT2D eigenvalue weighted by molar-refractivity contribution is 7.47. The zero-order chi connectivity index (χ0) is 44.1. The number of carbonyl (C=O) groups is 1. The first kappa shape index (κ1) is 57.9. The van der Waals surface area contributed by atoms with E-state index in [-0.39, 0.29) is 25.8 Å². The smallest absolute Gasteiger partial charge is 0.457 e. The fraction of sp³-hybridized carbons (Fsp3) is 0.745. The van der Waals surface area contributed by atoms with Gasteiger partial charge < -0.3 is 18.9 Å². The van der Waals surface area contributed by atoms with Crippen LogP contribution in [0.3, 0.4) is 0 Å². The van der Waals surface area contributed by atoms with E-state index in [0.29, 0.717) is 24.1 Å². The van der Waals surface area contributed by atoms with Gasteiger partial charge in [0.2, 0.25) is 0 Å². The van der Waals surface area contributed by atoms with Gasteiger partial charge in [-0.3, -0.25) is 13.8 Å². The number of likely N-dealkylation sites (N-methyl/N-ethyl adjacent to an activating group) is 1. The van der Waals surface area contributed by atoms with Crippen LogP contribution in [0.4, 0.5) is 0 Å². The number of phosphoric acid groups is 1. The number of allylic oxidation sites excluding steroid dienone is 12. The number of nitrogens with zero attached hydrogens (tertiary/aromatic N) is 1. The van der Waals surface area contributed by atoms with E-state index in [1.54, 1.807) is 0 Å². The minimum Gasteiger partial charge on any atom is -0.457 e. The number of rotatable bonds is 44. The molecule has 2 atom stereocenters. The van der Waals surface area contributed by atoms with Gasteiger partial charge in [0, 0.05) is 13.0 Å². The zero-order valence-electron chi connectivity index (χ0n) is 39.4. The molecule has 0 aromatic rings. The van der Waals surface area contributed by atoms with Crippen molar-refractivity contribution in [3.8, 4) is 0 Å². The molecule has 0 bridgehead atoms. The van der Waals surface area contributed by atoms with Crippen LogP contribution in [0.15, 0.2) is 72.9 Å². The van der Waals surface area contributed by atoms with Gasteiger partial charge in [0.15, 0.2) is 0 Å². The lowest BCUT2D eigenvalue weighted by atomic mass is 10.1. The van der Waals surface area contributed by atoms with Gasteiger partial charge in [-0.1, -0.05) is 170 Å². The molecule has 0 heterocycles. The van der Waals surface area contributed by atoms with Crippen molar-refractivity contribution in [3.05, 3.63) is 72.9 Å². The highest BCUT2D eigenvalue weighted by Crippen LogP contribution is 2.43. The summed E-state index contributed by atoms with van der Waals surface area (Å²) in [5, 5.41) is 0. The monoisotopic (exact) mass is 863 g/mol. The molecule has 0 spiro atoms. The van der Waals surface area contributed by atoms with Crippen molar-refractivity contribution in [1.29, 1.82) is 0 Å². The molecule has 348 valence electrons. The van der Waals surface area contributed by atoms with E-state index in [9.17, 15) is 14.3 Å². The van der Waals surface area contributed by atoms with E-state index in [0.717, 1.165) is 89.9 Å². The Hall–Kier alpha value is -2.06. The number of hydrogen-bond donors (Lipinski definition) is 1. The van der Waals surface area contributed by atoms with Gasteiger partial charge in [-0.2, -0.15) is 0 Å². The van der Waals surface area contributed by atoms with Crippen LogP contribution < -0.4 is 0 Å². The lowest BCUT2D eigenvalue weighted by molar-refractivity contribution is -0.870. The molecule has 2 unspecified atom stereocenters. The Labute approximate surface area is 370 Å². The van der Waals surface area contributed by atoms with Crippen LogP contribution in [-0.4, -0.2) is 75.6 Å². The van der Waals surface area contributed by atoms with E-state index >= 15 is 0 Å². The van der Waals surface area contributed by atoms with Crippen LogP contribution in [0.5, 0.6) is 0 Å². The summed E-state index contributed by atoms with van der Waals surface area (Å²) in [7, 11) is 1.64. The number of carbonyl (C=O) groups excluding carboxylic acids is 1. The van der Waals surface area contributed by atoms with E-state index < -0.39 is 13.9 Å². The van der Waals surface area contributed by atoms with Crippen LogP contribution in [0.2, 0.25) is 0 Å². The average Bonchev–Trinajstić information content (AvgIpc) is 3.20. The quantitative estimate of drug-likeness (QED) is 0.0214. The lowest BCUT2D eigenvalue weighted by Gasteiger charge is -2.24. The van der Waals surface area contributed by atoms with Gasteiger partial charge in [0.1, 0.15) is 19.3 Å². The van der Waals surface area contributed by atoms with Crippen molar-refractivity contribution in [2.24, 2.45) is 0 Å². The van der Waals surface area contributed by atoms with E-state index in [2.05, 4.69) is 86.8 Å². The predicted molar refractivity (Wildman–Crippen MR) is 256 cm³/mol. The summed E-state index contributed by atoms with van der Waals surface area (Å²) in [6, 6.07) is 0. The Morgan fingerprint density at radius 1 is 0.533 bits per heavy atom. The van der Waals surface area contributed by atoms with Crippen molar-refractivity contribution < 1.29 is 37.3 Å². The Kier molecular flexibility index (Phi) is 42.1. The average molecular weight is 863 g/mol. The first-order valence-corrected chi connectivity index (χ1v) is 25.7. The number of unbranched alkanes of at least 4 members (excludes halogenated alkanes) is 18. The van der Waals surface area contributed by atoms with Crippen LogP contribution in [0, 0.1) is 0 Å². The number of ether oxygens (including phenoxy) is 2. The number of phosphoric ester groups is 1. The van der Waals surface area contributed by atoms with Crippen molar-refractivity contribution in [2.75, 3.05) is 54.1 Å². The molecule has 0 amide bonds. The van der Waals surface area contributed by atoms with Crippen molar-refractivity contribution in [3.63, 3.8) is 0 Å². The van der Waals surface area contributed by atoms with Crippen LogP contribution >= 0.6 is 7.82 Å². The summed E-state index contributed by atoms with van der Waals surface area (Å²) >= 11 is 0. The summed E-state index contributed by atoms with van der Waals surface area (Å²) in [5.41, 5.74) is 0. The van der Waals surface area contributed by atoms with Crippen molar-refractivity contribution >= 4 is 13.8 Å². The van der Waals surface area contributed by atoms with E-state index in [1.165, 1.54) is 77.0 Å². The maximum atomic E-state index is 12.7. The first-order valence-electron chi connectivity index (χ1n) is 24.2. The van der Waals surface area contributed by atoms with Gasteiger partial charge in [-0.05, 0) is 83.5 Å². The fourth-order valence-corrected chi connectivity index (χ4v) is 7.02. The molecule has 60 heavy (non-hydrogen) atoms. The summed E-state index contributed by atoms with van der Waals surface area (Å²) in [5.74, 6) is -0.330. The summed E-state index contributed by atoms with van der Waals surface area (Å²) in [6.45, 7) is 5.45. The summed E-state index contributed by atoms with van der Waals surface area (Å²) in [4.78, 5) is 22.9. The van der Waals surface area contributed by atoms with Crippen molar-refractivity contribution in [1.82, 2.24) is 0 Å². The molecule has 1 N–H and O–H groups in total. The first-order chi connectivity index (χ1) is 29.1. The molecule has 0 rings (SSSR count). The minimum absolute atomic E-state index is 0.0805. The molecule has 0 saturated heterocycles. The van der Waals surface area contributed by atoms with Crippen LogP contribution in [0.1, 0.15) is 187 Å². The highest BCUT2D eigenvalue weighted by Gasteiger charge is 2.26. The minimum atomic E-state index is -4.29. The molecular weight excluding hydrogens is 770 g/mol. The van der Waals surface area contributed by atoms with Gasteiger partial charge in [0.25, 0.3) is 0 Å². The Balaban J connectivity index is 4.24. The molecular formula is C51H93NO7P+. The van der Waals surface area contributed by atoms with E-state index in [1.807, 2.05) is 21.1 Å².